The number of nitrogens with zero attached hydrogens (tertiary/aromatic N) is 2. The molecule has 1 N–H and O–H groups in total. The van der Waals surface area contributed by atoms with E-state index in [1.165, 1.54) is 6.07 Å². The van der Waals surface area contributed by atoms with E-state index in [2.05, 4.69) is 4.98 Å². The molecule has 0 radical (unpaired) electrons. The number of aromatic nitrogens is 2. The predicted molar refractivity (Wildman–Crippen MR) is 64.1 cm³/mol. The summed E-state index contributed by atoms with van der Waals surface area (Å²) in [5.41, 5.74) is 0.757. The van der Waals surface area contributed by atoms with Crippen molar-refractivity contribution in [2.45, 2.75) is 17.9 Å². The van der Waals surface area contributed by atoms with Gasteiger partial charge in [0, 0.05) is 0 Å². The lowest BCUT2D eigenvalue weighted by Gasteiger charge is -2.10. The molecule has 102 valence electrons. The van der Waals surface area contributed by atoms with Crippen molar-refractivity contribution in [3.05, 3.63) is 24.3 Å². The minimum Gasteiger partial charge on any atom is -0.481 e. The number of para-hydroxylation sites is 2. The first-order chi connectivity index (χ1) is 8.87. The lowest BCUT2D eigenvalue weighted by atomic mass is 10.3. The van der Waals surface area contributed by atoms with Gasteiger partial charge in [-0.15, -0.1) is 0 Å². The van der Waals surface area contributed by atoms with E-state index in [-0.39, 0.29) is 10.9 Å². The number of rotatable bonds is 4. The minimum absolute atomic E-state index is 0.0564. The van der Waals surface area contributed by atoms with Crippen molar-refractivity contribution in [1.29, 1.82) is 0 Å². The molecule has 4 nitrogen and oxygen atoms in total. The summed E-state index contributed by atoms with van der Waals surface area (Å²) in [5.74, 6) is -1.43. The molecule has 0 aliphatic heterocycles. The third kappa shape index (κ3) is 3.40. The second-order valence-corrected chi connectivity index (χ2v) is 4.71. The maximum atomic E-state index is 12.6. The maximum Gasteiger partial charge on any atom is 0.406 e. The summed E-state index contributed by atoms with van der Waals surface area (Å²) in [6, 6.07) is 6.40. The van der Waals surface area contributed by atoms with Crippen LogP contribution in [0.3, 0.4) is 0 Å². The van der Waals surface area contributed by atoms with Crippen LogP contribution in [-0.2, 0) is 11.3 Å². The van der Waals surface area contributed by atoms with Gasteiger partial charge in [-0.05, 0) is 12.1 Å². The van der Waals surface area contributed by atoms with Crippen molar-refractivity contribution in [3.63, 3.8) is 0 Å². The fourth-order valence-corrected chi connectivity index (χ4v) is 2.36. The molecule has 0 bridgehead atoms. The summed E-state index contributed by atoms with van der Waals surface area (Å²) in [6.07, 6.45) is -4.39. The topological polar surface area (TPSA) is 55.1 Å². The molecule has 0 saturated heterocycles. The number of imidazole rings is 1. The Bertz CT molecular complexity index is 609. The largest absolute Gasteiger partial charge is 0.481 e. The number of hydrogen-bond donors (Lipinski definition) is 1. The summed E-state index contributed by atoms with van der Waals surface area (Å²) in [6.45, 7) is -1.19. The number of thioether (sulfide) groups is 1. The van der Waals surface area contributed by atoms with E-state index in [1.54, 1.807) is 18.2 Å². The van der Waals surface area contributed by atoms with E-state index in [4.69, 9.17) is 5.11 Å². The number of hydrogen-bond acceptors (Lipinski definition) is 3. The highest BCUT2D eigenvalue weighted by Crippen LogP contribution is 2.28. The molecule has 0 spiro atoms. The third-order valence-electron chi connectivity index (χ3n) is 2.28. The summed E-state index contributed by atoms with van der Waals surface area (Å²) in [7, 11) is 0. The molecule has 1 heterocycles. The second-order valence-electron chi connectivity index (χ2n) is 3.77. The molecule has 0 saturated carbocycles. The van der Waals surface area contributed by atoms with Crippen molar-refractivity contribution in [3.8, 4) is 0 Å². The van der Waals surface area contributed by atoms with Crippen LogP contribution < -0.4 is 0 Å². The van der Waals surface area contributed by atoms with E-state index >= 15 is 0 Å². The highest BCUT2D eigenvalue weighted by molar-refractivity contribution is 7.99. The molecule has 19 heavy (non-hydrogen) atoms. The summed E-state index contributed by atoms with van der Waals surface area (Å²) in [5, 5.41) is 8.65. The average Bonchev–Trinajstić information content (AvgIpc) is 2.63. The van der Waals surface area contributed by atoms with E-state index in [1.807, 2.05) is 0 Å². The number of benzene rings is 1. The first-order valence-corrected chi connectivity index (χ1v) is 6.22. The Morgan fingerprint density at radius 2 is 2.05 bits per heavy atom. The Hall–Kier alpha value is -1.70. The Labute approximate surface area is 110 Å². The number of carbonyl (C=O) groups is 1. The van der Waals surface area contributed by atoms with Crippen LogP contribution in [0, 0.1) is 0 Å². The number of aliphatic carboxylic acids is 1. The van der Waals surface area contributed by atoms with E-state index < -0.39 is 18.7 Å². The van der Waals surface area contributed by atoms with Crippen LogP contribution in [0.2, 0.25) is 0 Å². The monoisotopic (exact) mass is 290 g/mol. The lowest BCUT2D eigenvalue weighted by Crippen LogP contribution is -2.18. The SMILES string of the molecule is O=C(O)CSc1nc2ccccc2n1CC(F)(F)F. The summed E-state index contributed by atoms with van der Waals surface area (Å²) < 4.78 is 38.6. The molecule has 0 aliphatic carbocycles. The molecule has 1 aromatic carbocycles. The highest BCUT2D eigenvalue weighted by atomic mass is 32.2. The van der Waals surface area contributed by atoms with Crippen LogP contribution in [-0.4, -0.2) is 32.6 Å². The van der Waals surface area contributed by atoms with Gasteiger partial charge in [0.25, 0.3) is 0 Å². The zero-order valence-electron chi connectivity index (χ0n) is 9.52. The van der Waals surface area contributed by atoms with Gasteiger partial charge in [0.2, 0.25) is 0 Å². The molecule has 2 rings (SSSR count). The van der Waals surface area contributed by atoms with Crippen molar-refractivity contribution in [2.75, 3.05) is 5.75 Å². The van der Waals surface area contributed by atoms with Crippen LogP contribution >= 0.6 is 11.8 Å². The zero-order chi connectivity index (χ0) is 14.0. The van der Waals surface area contributed by atoms with Crippen molar-refractivity contribution in [1.82, 2.24) is 9.55 Å². The van der Waals surface area contributed by atoms with Crippen molar-refractivity contribution >= 4 is 28.8 Å². The first-order valence-electron chi connectivity index (χ1n) is 5.23. The maximum absolute atomic E-state index is 12.6. The van der Waals surface area contributed by atoms with Gasteiger partial charge in [0.1, 0.15) is 6.54 Å². The molecule has 0 unspecified atom stereocenters. The standard InChI is InChI=1S/C11H9F3N2O2S/c12-11(13,14)6-16-8-4-2-1-3-7(8)15-10(16)19-5-9(17)18/h1-4H,5-6H2,(H,17,18). The van der Waals surface area contributed by atoms with Gasteiger partial charge in [-0.3, -0.25) is 4.79 Å². The fourth-order valence-electron chi connectivity index (χ4n) is 1.62. The Kier molecular flexibility index (Phi) is 3.70. The Morgan fingerprint density at radius 1 is 1.37 bits per heavy atom. The molecule has 0 aliphatic rings. The molecule has 0 fully saturated rings. The average molecular weight is 290 g/mol. The number of carboxylic acid groups (broad SMARTS) is 1. The molecule has 8 heteroatoms. The van der Waals surface area contributed by atoms with Gasteiger partial charge < -0.3 is 9.67 Å². The van der Waals surface area contributed by atoms with Crippen LogP contribution in [0.4, 0.5) is 13.2 Å². The first kappa shape index (κ1) is 13.7. The van der Waals surface area contributed by atoms with E-state index in [9.17, 15) is 18.0 Å². The van der Waals surface area contributed by atoms with Gasteiger partial charge >= 0.3 is 12.1 Å². The van der Waals surface area contributed by atoms with Gasteiger partial charge in [0.15, 0.2) is 5.16 Å². The van der Waals surface area contributed by atoms with Crippen LogP contribution in [0.25, 0.3) is 11.0 Å². The van der Waals surface area contributed by atoms with Gasteiger partial charge in [-0.1, -0.05) is 23.9 Å². The van der Waals surface area contributed by atoms with Crippen LogP contribution in [0.5, 0.6) is 0 Å². The Morgan fingerprint density at radius 3 is 2.68 bits per heavy atom. The lowest BCUT2D eigenvalue weighted by molar-refractivity contribution is -0.141. The highest BCUT2D eigenvalue weighted by Gasteiger charge is 2.30. The molecule has 1 aromatic heterocycles. The van der Waals surface area contributed by atoms with Crippen molar-refractivity contribution in [2.24, 2.45) is 0 Å². The molecular formula is C11H9F3N2O2S. The van der Waals surface area contributed by atoms with Crippen LogP contribution in [0.15, 0.2) is 29.4 Å². The molecule has 0 amide bonds. The van der Waals surface area contributed by atoms with Gasteiger partial charge in [-0.25, -0.2) is 4.98 Å². The zero-order valence-corrected chi connectivity index (χ0v) is 10.3. The summed E-state index contributed by atoms with van der Waals surface area (Å²) in [4.78, 5) is 14.5. The van der Waals surface area contributed by atoms with Crippen molar-refractivity contribution < 1.29 is 23.1 Å². The second kappa shape index (κ2) is 5.12. The predicted octanol–water partition coefficient (Wildman–Crippen LogP) is 2.78. The van der Waals surface area contributed by atoms with E-state index in [0.717, 1.165) is 16.3 Å². The summed E-state index contributed by atoms with van der Waals surface area (Å²) >= 11 is 0.774. The van der Waals surface area contributed by atoms with E-state index in [0.29, 0.717) is 11.0 Å². The third-order valence-corrected chi connectivity index (χ3v) is 3.24. The quantitative estimate of drug-likeness (QED) is 0.880. The van der Waals surface area contributed by atoms with Gasteiger partial charge in [-0.2, -0.15) is 13.2 Å². The Balaban J connectivity index is 2.42. The number of carboxylic acids is 1. The smallest absolute Gasteiger partial charge is 0.406 e. The van der Waals surface area contributed by atoms with Gasteiger partial charge in [0.05, 0.1) is 16.8 Å². The fraction of sp³-hybridized carbons (Fsp3) is 0.273. The molecule has 0 atom stereocenters. The normalized spacial score (nSPS) is 11.9. The minimum atomic E-state index is -4.39. The number of alkyl halides is 3. The number of fused-ring (bicyclic) bond motifs is 1. The number of halogens is 3. The molecule has 2 aromatic rings. The van der Waals surface area contributed by atoms with Crippen LogP contribution in [0.1, 0.15) is 0 Å². The molecular weight excluding hydrogens is 281 g/mol.